The molecule has 0 radical (unpaired) electrons. The summed E-state index contributed by atoms with van der Waals surface area (Å²) in [4.78, 5) is 27.7. The van der Waals surface area contributed by atoms with Gasteiger partial charge in [0.05, 0.1) is 0 Å². The average molecular weight is 385 g/mol. The van der Waals surface area contributed by atoms with Gasteiger partial charge in [-0.25, -0.2) is 0 Å². The monoisotopic (exact) mass is 385 g/mol. The van der Waals surface area contributed by atoms with Crippen molar-refractivity contribution in [2.75, 3.05) is 11.9 Å². The second-order valence-electron chi connectivity index (χ2n) is 8.16. The van der Waals surface area contributed by atoms with Crippen LogP contribution in [0.3, 0.4) is 0 Å². The molecule has 6 nitrogen and oxygen atoms in total. The van der Waals surface area contributed by atoms with Crippen LogP contribution in [-0.4, -0.2) is 29.6 Å². The van der Waals surface area contributed by atoms with E-state index in [0.29, 0.717) is 18.1 Å². The van der Waals surface area contributed by atoms with E-state index in [2.05, 4.69) is 16.5 Å². The molecule has 2 aliphatic heterocycles. The Morgan fingerprint density at radius 2 is 1.86 bits per heavy atom. The third-order valence-electron chi connectivity index (χ3n) is 6.61. The molecule has 6 heteroatoms. The van der Waals surface area contributed by atoms with E-state index in [1.807, 2.05) is 48.5 Å². The number of nitrogens with zero attached hydrogens (tertiary/aromatic N) is 2. The number of rotatable bonds is 4. The Morgan fingerprint density at radius 3 is 2.66 bits per heavy atom. The van der Waals surface area contributed by atoms with E-state index in [9.17, 15) is 9.59 Å². The Morgan fingerprint density at radius 1 is 1.14 bits per heavy atom. The highest BCUT2D eigenvalue weighted by atomic mass is 16.5. The Hall–Kier alpha value is -3.41. The third kappa shape index (κ3) is 2.20. The normalized spacial score (nSPS) is 28.2. The maximum Gasteiger partial charge on any atom is 0.274 e. The molecule has 0 spiro atoms. The van der Waals surface area contributed by atoms with Crippen LogP contribution >= 0.6 is 0 Å². The lowest BCUT2D eigenvalue weighted by atomic mass is 9.92. The fourth-order valence-electron chi connectivity index (χ4n) is 5.11. The molecular formula is C23H19N3O3. The summed E-state index contributed by atoms with van der Waals surface area (Å²) < 4.78 is 5.35. The second-order valence-corrected chi connectivity index (χ2v) is 8.16. The minimum Gasteiger partial charge on any atom is -0.360 e. The molecule has 2 saturated carbocycles. The van der Waals surface area contributed by atoms with E-state index in [1.165, 1.54) is 5.56 Å². The van der Waals surface area contributed by atoms with Crippen LogP contribution in [0.4, 0.5) is 5.69 Å². The third-order valence-corrected chi connectivity index (χ3v) is 6.61. The first kappa shape index (κ1) is 16.5. The van der Waals surface area contributed by atoms with Gasteiger partial charge in [-0.15, -0.1) is 0 Å². The minimum atomic E-state index is -0.798. The Kier molecular flexibility index (Phi) is 3.17. The molecule has 3 aromatic rings. The van der Waals surface area contributed by atoms with E-state index in [-0.39, 0.29) is 29.3 Å². The number of hydrogen-bond donors (Lipinski definition) is 1. The van der Waals surface area contributed by atoms with Gasteiger partial charge in [0, 0.05) is 37.1 Å². The molecule has 2 aromatic carbocycles. The molecule has 144 valence electrons. The average Bonchev–Trinajstić information content (AvgIpc) is 3.60. The standard InChI is InChI=1S/C23H19N3O3/c1-26-17-10-6-5-9-15(17)18-19-20(18)23(19,22(26)28)24-21(27)16-12-14(29-25-16)11-13-7-3-2-4-8-13/h2-10,12,18-20H,11H2,1H3,(H,24,27)/t18-,19+,20?,23+/m0/s1. The summed E-state index contributed by atoms with van der Waals surface area (Å²) in [6, 6.07) is 19.5. The Bertz CT molecular complexity index is 1140. The Balaban J connectivity index is 1.22. The predicted molar refractivity (Wildman–Crippen MR) is 106 cm³/mol. The number of anilines is 1. The minimum absolute atomic E-state index is 0.0462. The number of para-hydroxylation sites is 1. The van der Waals surface area contributed by atoms with Crippen molar-refractivity contribution in [3.05, 3.63) is 83.2 Å². The van der Waals surface area contributed by atoms with Crippen molar-refractivity contribution in [3.8, 4) is 0 Å². The van der Waals surface area contributed by atoms with Gasteiger partial charge in [-0.3, -0.25) is 9.59 Å². The van der Waals surface area contributed by atoms with Gasteiger partial charge in [0.1, 0.15) is 11.3 Å². The molecule has 2 bridgehead atoms. The summed E-state index contributed by atoms with van der Waals surface area (Å²) in [6.45, 7) is 0. The number of benzene rings is 2. The van der Waals surface area contributed by atoms with Crippen LogP contribution in [0.5, 0.6) is 0 Å². The van der Waals surface area contributed by atoms with E-state index in [1.54, 1.807) is 18.0 Å². The van der Waals surface area contributed by atoms with Gasteiger partial charge in [-0.1, -0.05) is 53.7 Å². The fraction of sp³-hybridized carbons (Fsp3) is 0.261. The lowest BCUT2D eigenvalue weighted by molar-refractivity contribution is -0.122. The molecule has 4 aliphatic rings. The van der Waals surface area contributed by atoms with Gasteiger partial charge in [0.25, 0.3) is 11.8 Å². The molecule has 1 unspecified atom stereocenters. The SMILES string of the molecule is CN1C(=O)[C@]2(NC(=O)c3cc(Cc4ccccc4)on3)C3[C@@H](c4ccccc41)[C@H]32. The van der Waals surface area contributed by atoms with Crippen molar-refractivity contribution < 1.29 is 14.1 Å². The van der Waals surface area contributed by atoms with Crippen LogP contribution in [0, 0.1) is 11.8 Å². The van der Waals surface area contributed by atoms with Crippen molar-refractivity contribution >= 4 is 17.5 Å². The molecule has 2 amide bonds. The number of carbonyl (C=O) groups excluding carboxylic acids is 2. The number of hydrogen-bond acceptors (Lipinski definition) is 4. The van der Waals surface area contributed by atoms with E-state index in [4.69, 9.17) is 4.52 Å². The number of amides is 2. The molecule has 2 aliphatic carbocycles. The van der Waals surface area contributed by atoms with Crippen molar-refractivity contribution in [3.63, 3.8) is 0 Å². The first-order chi connectivity index (χ1) is 14.1. The largest absolute Gasteiger partial charge is 0.360 e. The zero-order valence-corrected chi connectivity index (χ0v) is 15.8. The molecular weight excluding hydrogens is 366 g/mol. The first-order valence-electron chi connectivity index (χ1n) is 9.80. The van der Waals surface area contributed by atoms with Crippen LogP contribution in [0.15, 0.2) is 65.2 Å². The maximum atomic E-state index is 13.2. The summed E-state index contributed by atoms with van der Waals surface area (Å²) in [7, 11) is 1.78. The molecule has 1 N–H and O–H groups in total. The van der Waals surface area contributed by atoms with Gasteiger partial charge in [-0.2, -0.15) is 0 Å². The molecule has 2 fully saturated rings. The van der Waals surface area contributed by atoms with Gasteiger partial charge in [0.2, 0.25) is 0 Å². The Labute approximate surface area is 167 Å². The van der Waals surface area contributed by atoms with Gasteiger partial charge < -0.3 is 14.7 Å². The van der Waals surface area contributed by atoms with Gasteiger partial charge >= 0.3 is 0 Å². The van der Waals surface area contributed by atoms with Gasteiger partial charge in [0.15, 0.2) is 5.69 Å². The fourth-order valence-corrected chi connectivity index (χ4v) is 5.11. The topological polar surface area (TPSA) is 75.4 Å². The van der Waals surface area contributed by atoms with Crippen molar-refractivity contribution in [1.29, 1.82) is 0 Å². The lowest BCUT2D eigenvalue weighted by Crippen LogP contribution is -2.54. The van der Waals surface area contributed by atoms with E-state index >= 15 is 0 Å². The quantitative estimate of drug-likeness (QED) is 0.749. The maximum absolute atomic E-state index is 13.2. The lowest BCUT2D eigenvalue weighted by Gasteiger charge is -2.26. The summed E-state index contributed by atoms with van der Waals surface area (Å²) in [5, 5.41) is 6.92. The molecule has 4 atom stereocenters. The molecule has 29 heavy (non-hydrogen) atoms. The first-order valence-corrected chi connectivity index (χ1v) is 9.80. The summed E-state index contributed by atoms with van der Waals surface area (Å²) >= 11 is 0. The van der Waals surface area contributed by atoms with Crippen LogP contribution in [0.2, 0.25) is 0 Å². The number of nitrogens with one attached hydrogen (secondary N) is 1. The summed E-state index contributed by atoms with van der Waals surface area (Å²) in [6.07, 6.45) is 0.566. The zero-order chi connectivity index (χ0) is 19.8. The zero-order valence-electron chi connectivity index (χ0n) is 15.8. The number of likely N-dealkylation sites (N-methyl/N-ethyl adjacent to an activating group) is 1. The predicted octanol–water partition coefficient (Wildman–Crippen LogP) is 2.75. The van der Waals surface area contributed by atoms with Gasteiger partial charge in [-0.05, 0) is 23.1 Å². The van der Waals surface area contributed by atoms with Crippen LogP contribution in [0.25, 0.3) is 0 Å². The highest BCUT2D eigenvalue weighted by Gasteiger charge is 2.89. The molecule has 3 heterocycles. The van der Waals surface area contributed by atoms with Crippen molar-refractivity contribution in [2.45, 2.75) is 17.9 Å². The van der Waals surface area contributed by atoms with Crippen molar-refractivity contribution in [2.24, 2.45) is 11.8 Å². The van der Waals surface area contributed by atoms with Crippen molar-refractivity contribution in [1.82, 2.24) is 10.5 Å². The van der Waals surface area contributed by atoms with E-state index in [0.717, 1.165) is 11.3 Å². The van der Waals surface area contributed by atoms with E-state index < -0.39 is 5.54 Å². The second kappa shape index (κ2) is 5.56. The summed E-state index contributed by atoms with van der Waals surface area (Å²) in [5.74, 6) is 0.934. The molecule has 1 aromatic heterocycles. The summed E-state index contributed by atoms with van der Waals surface area (Å²) in [5.41, 5.74) is 2.64. The van der Waals surface area contributed by atoms with Crippen LogP contribution < -0.4 is 10.2 Å². The molecule has 0 saturated heterocycles. The molecule has 7 rings (SSSR count). The number of aromatic nitrogens is 1. The highest BCUT2D eigenvalue weighted by Crippen LogP contribution is 2.82. The highest BCUT2D eigenvalue weighted by molar-refractivity contribution is 6.11. The number of fused-ring (bicyclic) bond motifs is 1. The number of carbonyl (C=O) groups is 2. The van der Waals surface area contributed by atoms with Crippen LogP contribution in [-0.2, 0) is 11.2 Å². The van der Waals surface area contributed by atoms with Crippen LogP contribution in [0.1, 0.15) is 33.3 Å². The smallest absolute Gasteiger partial charge is 0.274 e.